The number of rotatable bonds is 6. The number of nitrogens with two attached hydrogens (primary N) is 1. The number of halogens is 1. The first-order valence-corrected chi connectivity index (χ1v) is 6.33. The number of benzene rings is 1. The summed E-state index contributed by atoms with van der Waals surface area (Å²) in [5.41, 5.74) is 6.54. The van der Waals surface area contributed by atoms with Crippen molar-refractivity contribution in [1.29, 1.82) is 0 Å². The van der Waals surface area contributed by atoms with E-state index < -0.39 is 11.7 Å². The van der Waals surface area contributed by atoms with Crippen LogP contribution in [0.4, 0.5) is 10.1 Å². The smallest absolute Gasteiger partial charge is 0.248 e. The minimum Gasteiger partial charge on any atom is -0.384 e. The van der Waals surface area contributed by atoms with Gasteiger partial charge in [-0.2, -0.15) is 0 Å². The SMILES string of the molecule is CCC(CC)CNc1cc(C(N)=O)cc(F)c1C. The summed E-state index contributed by atoms with van der Waals surface area (Å²) in [6.07, 6.45) is 2.14. The number of anilines is 1. The molecule has 0 saturated heterocycles. The van der Waals surface area contributed by atoms with Crippen LogP contribution in [0.25, 0.3) is 0 Å². The zero-order valence-corrected chi connectivity index (χ0v) is 11.2. The fourth-order valence-electron chi connectivity index (χ4n) is 1.84. The number of hydrogen-bond acceptors (Lipinski definition) is 2. The van der Waals surface area contributed by atoms with E-state index in [4.69, 9.17) is 5.73 Å². The molecular weight excluding hydrogens is 231 g/mol. The van der Waals surface area contributed by atoms with Crippen molar-refractivity contribution in [2.24, 2.45) is 11.7 Å². The highest BCUT2D eigenvalue weighted by Gasteiger charge is 2.11. The quantitative estimate of drug-likeness (QED) is 0.817. The fourth-order valence-corrected chi connectivity index (χ4v) is 1.84. The predicted octanol–water partition coefficient (Wildman–Crippen LogP) is 3.08. The van der Waals surface area contributed by atoms with Gasteiger partial charge in [-0.15, -0.1) is 0 Å². The van der Waals surface area contributed by atoms with Gasteiger partial charge >= 0.3 is 0 Å². The average Bonchev–Trinajstić information content (AvgIpc) is 2.34. The minimum atomic E-state index is -0.612. The molecule has 0 unspecified atom stereocenters. The number of carbonyl (C=O) groups is 1. The Kier molecular flexibility index (Phi) is 5.13. The molecule has 1 rings (SSSR count). The van der Waals surface area contributed by atoms with Crippen molar-refractivity contribution in [3.63, 3.8) is 0 Å². The molecule has 18 heavy (non-hydrogen) atoms. The van der Waals surface area contributed by atoms with Gasteiger partial charge in [-0.05, 0) is 25.0 Å². The molecule has 3 nitrogen and oxygen atoms in total. The van der Waals surface area contributed by atoms with E-state index in [1.807, 2.05) is 0 Å². The molecule has 0 heterocycles. The largest absolute Gasteiger partial charge is 0.384 e. The minimum absolute atomic E-state index is 0.199. The van der Waals surface area contributed by atoms with Gasteiger partial charge in [0.15, 0.2) is 0 Å². The molecule has 0 aliphatic heterocycles. The monoisotopic (exact) mass is 252 g/mol. The molecule has 0 radical (unpaired) electrons. The summed E-state index contributed by atoms with van der Waals surface area (Å²) in [5.74, 6) is -0.470. The molecule has 1 amide bonds. The third-order valence-electron chi connectivity index (χ3n) is 3.36. The Bertz CT molecular complexity index is 428. The van der Waals surface area contributed by atoms with E-state index in [-0.39, 0.29) is 5.56 Å². The number of primary amides is 1. The number of carbonyl (C=O) groups excluding carboxylic acids is 1. The van der Waals surface area contributed by atoms with Crippen LogP contribution in [0.15, 0.2) is 12.1 Å². The Morgan fingerprint density at radius 1 is 1.39 bits per heavy atom. The molecule has 100 valence electrons. The first kappa shape index (κ1) is 14.5. The molecule has 0 aliphatic carbocycles. The Hall–Kier alpha value is -1.58. The maximum atomic E-state index is 13.6. The van der Waals surface area contributed by atoms with Crippen LogP contribution in [0.1, 0.15) is 42.6 Å². The van der Waals surface area contributed by atoms with Gasteiger partial charge in [0.2, 0.25) is 5.91 Å². The highest BCUT2D eigenvalue weighted by molar-refractivity contribution is 5.94. The van der Waals surface area contributed by atoms with Gasteiger partial charge in [0.05, 0.1) is 0 Å². The highest BCUT2D eigenvalue weighted by Crippen LogP contribution is 2.21. The Morgan fingerprint density at radius 3 is 2.50 bits per heavy atom. The van der Waals surface area contributed by atoms with Gasteiger partial charge in [-0.25, -0.2) is 4.39 Å². The molecule has 0 bridgehead atoms. The van der Waals surface area contributed by atoms with Gasteiger partial charge < -0.3 is 11.1 Å². The van der Waals surface area contributed by atoms with Gasteiger partial charge in [0.1, 0.15) is 5.82 Å². The van der Waals surface area contributed by atoms with E-state index in [1.165, 1.54) is 6.07 Å². The third-order valence-corrected chi connectivity index (χ3v) is 3.36. The van der Waals surface area contributed by atoms with Gasteiger partial charge in [0, 0.05) is 23.4 Å². The van der Waals surface area contributed by atoms with E-state index in [0.717, 1.165) is 19.4 Å². The molecule has 1 aromatic rings. The van der Waals surface area contributed by atoms with Crippen molar-refractivity contribution in [1.82, 2.24) is 0 Å². The van der Waals surface area contributed by atoms with Crippen LogP contribution < -0.4 is 11.1 Å². The number of amides is 1. The van der Waals surface area contributed by atoms with E-state index in [9.17, 15) is 9.18 Å². The second-order valence-electron chi connectivity index (χ2n) is 4.56. The molecule has 3 N–H and O–H groups in total. The lowest BCUT2D eigenvalue weighted by Crippen LogP contribution is -2.16. The molecule has 0 atom stereocenters. The van der Waals surface area contributed by atoms with E-state index in [1.54, 1.807) is 13.0 Å². The van der Waals surface area contributed by atoms with Crippen LogP contribution in [-0.2, 0) is 0 Å². The topological polar surface area (TPSA) is 55.1 Å². The fraction of sp³-hybridized carbons (Fsp3) is 0.500. The summed E-state index contributed by atoms with van der Waals surface area (Å²) in [4.78, 5) is 11.1. The summed E-state index contributed by atoms with van der Waals surface area (Å²) < 4.78 is 13.6. The van der Waals surface area contributed by atoms with Gasteiger partial charge in [-0.3, -0.25) is 4.79 Å². The third kappa shape index (κ3) is 3.45. The zero-order chi connectivity index (χ0) is 13.7. The van der Waals surface area contributed by atoms with Crippen molar-refractivity contribution in [3.8, 4) is 0 Å². The number of nitrogens with one attached hydrogen (secondary N) is 1. The van der Waals surface area contributed by atoms with Crippen molar-refractivity contribution in [2.45, 2.75) is 33.6 Å². The van der Waals surface area contributed by atoms with Crippen molar-refractivity contribution in [2.75, 3.05) is 11.9 Å². The summed E-state index contributed by atoms with van der Waals surface area (Å²) >= 11 is 0. The van der Waals surface area contributed by atoms with E-state index in [0.29, 0.717) is 17.2 Å². The van der Waals surface area contributed by atoms with Crippen LogP contribution in [-0.4, -0.2) is 12.5 Å². The Labute approximate surface area is 108 Å². The van der Waals surface area contributed by atoms with Gasteiger partial charge in [-0.1, -0.05) is 26.7 Å². The normalized spacial score (nSPS) is 10.7. The van der Waals surface area contributed by atoms with Crippen molar-refractivity contribution in [3.05, 3.63) is 29.1 Å². The lowest BCUT2D eigenvalue weighted by molar-refractivity contribution is 0.1000. The van der Waals surface area contributed by atoms with Crippen LogP contribution in [0.3, 0.4) is 0 Å². The molecule has 0 aliphatic rings. The maximum absolute atomic E-state index is 13.6. The molecular formula is C14H21FN2O. The molecule has 0 fully saturated rings. The standard InChI is InChI=1S/C14H21FN2O/c1-4-10(5-2)8-17-13-7-11(14(16)18)6-12(15)9(13)3/h6-7,10,17H,4-5,8H2,1-3H3,(H2,16,18). The Morgan fingerprint density at radius 2 is 2.00 bits per heavy atom. The Balaban J connectivity index is 2.90. The predicted molar refractivity (Wildman–Crippen MR) is 72.2 cm³/mol. The highest BCUT2D eigenvalue weighted by atomic mass is 19.1. The van der Waals surface area contributed by atoms with Crippen LogP contribution in [0.5, 0.6) is 0 Å². The first-order valence-electron chi connectivity index (χ1n) is 6.33. The lowest BCUT2D eigenvalue weighted by atomic mass is 10.0. The van der Waals surface area contributed by atoms with Crippen LogP contribution in [0.2, 0.25) is 0 Å². The molecule has 0 saturated carbocycles. The van der Waals surface area contributed by atoms with E-state index >= 15 is 0 Å². The molecule has 0 spiro atoms. The number of hydrogen-bond donors (Lipinski definition) is 2. The second-order valence-corrected chi connectivity index (χ2v) is 4.56. The molecule has 1 aromatic carbocycles. The van der Waals surface area contributed by atoms with Gasteiger partial charge in [0.25, 0.3) is 0 Å². The molecule has 0 aromatic heterocycles. The first-order chi connectivity index (χ1) is 8.49. The van der Waals surface area contributed by atoms with Crippen LogP contribution >= 0.6 is 0 Å². The van der Waals surface area contributed by atoms with Crippen molar-refractivity contribution >= 4 is 11.6 Å². The summed E-state index contributed by atoms with van der Waals surface area (Å²) in [5, 5.41) is 3.20. The van der Waals surface area contributed by atoms with Crippen molar-refractivity contribution < 1.29 is 9.18 Å². The second kappa shape index (κ2) is 6.38. The lowest BCUT2D eigenvalue weighted by Gasteiger charge is -2.16. The zero-order valence-electron chi connectivity index (χ0n) is 11.2. The summed E-state index contributed by atoms with van der Waals surface area (Å²) in [6.45, 7) is 6.72. The summed E-state index contributed by atoms with van der Waals surface area (Å²) in [6, 6.07) is 2.79. The summed E-state index contributed by atoms with van der Waals surface area (Å²) in [7, 11) is 0. The maximum Gasteiger partial charge on any atom is 0.248 e. The van der Waals surface area contributed by atoms with E-state index in [2.05, 4.69) is 19.2 Å². The molecule has 4 heteroatoms. The van der Waals surface area contributed by atoms with Crippen LogP contribution in [0, 0.1) is 18.7 Å². The average molecular weight is 252 g/mol.